The van der Waals surface area contributed by atoms with E-state index in [-0.39, 0.29) is 0 Å². The monoisotopic (exact) mass is 279 g/mol. The van der Waals surface area contributed by atoms with E-state index >= 15 is 0 Å². The normalized spacial score (nSPS) is 27.1. The highest BCUT2D eigenvalue weighted by Gasteiger charge is 2.42. The number of aliphatic carboxylic acids is 1. The van der Waals surface area contributed by atoms with Crippen LogP contribution in [0.15, 0.2) is 35.2 Å². The summed E-state index contributed by atoms with van der Waals surface area (Å²) in [5.41, 5.74) is -0.723. The number of benzene rings is 1. The quantitative estimate of drug-likeness (QED) is 0.869. The van der Waals surface area contributed by atoms with E-state index in [0.29, 0.717) is 18.2 Å². The van der Waals surface area contributed by atoms with Crippen LogP contribution in [0.2, 0.25) is 0 Å². The van der Waals surface area contributed by atoms with Crippen molar-refractivity contribution in [3.63, 3.8) is 0 Å². The van der Waals surface area contributed by atoms with Crippen LogP contribution < -0.4 is 5.32 Å². The molecule has 19 heavy (non-hydrogen) atoms. The first kappa shape index (κ1) is 14.4. The summed E-state index contributed by atoms with van der Waals surface area (Å²) in [5.74, 6) is -0.701. The molecule has 0 amide bonds. The van der Waals surface area contributed by atoms with Crippen LogP contribution in [0.25, 0.3) is 0 Å². The smallest absolute Gasteiger partial charge is 0.323 e. The number of carboxylic acid groups (broad SMARTS) is 1. The lowest BCUT2D eigenvalue weighted by Crippen LogP contribution is -2.55. The van der Waals surface area contributed by atoms with Crippen molar-refractivity contribution < 1.29 is 9.90 Å². The van der Waals surface area contributed by atoms with E-state index in [0.717, 1.165) is 19.3 Å². The Kier molecular flexibility index (Phi) is 4.88. The first-order chi connectivity index (χ1) is 9.16. The number of carbonyl (C=O) groups is 1. The van der Waals surface area contributed by atoms with E-state index in [4.69, 9.17) is 0 Å². The average molecular weight is 279 g/mol. The minimum Gasteiger partial charge on any atom is -0.480 e. The molecule has 2 N–H and O–H groups in total. The van der Waals surface area contributed by atoms with Gasteiger partial charge in [-0.1, -0.05) is 25.1 Å². The van der Waals surface area contributed by atoms with Gasteiger partial charge >= 0.3 is 5.97 Å². The van der Waals surface area contributed by atoms with Crippen LogP contribution in [0.4, 0.5) is 0 Å². The maximum absolute atomic E-state index is 11.6. The zero-order chi connectivity index (χ0) is 13.7. The highest BCUT2D eigenvalue weighted by molar-refractivity contribution is 8.00. The lowest BCUT2D eigenvalue weighted by atomic mass is 9.81. The lowest BCUT2D eigenvalue weighted by molar-refractivity contribution is -0.146. The Balaban J connectivity index is 2.05. The van der Waals surface area contributed by atoms with Crippen LogP contribution in [0.5, 0.6) is 0 Å². The van der Waals surface area contributed by atoms with Crippen molar-refractivity contribution >= 4 is 17.7 Å². The molecule has 0 radical (unpaired) electrons. The molecule has 1 saturated carbocycles. The largest absolute Gasteiger partial charge is 0.480 e. The topological polar surface area (TPSA) is 49.3 Å². The number of hydrogen-bond acceptors (Lipinski definition) is 3. The molecule has 4 heteroatoms. The molecule has 0 heterocycles. The Labute approximate surface area is 118 Å². The summed E-state index contributed by atoms with van der Waals surface area (Å²) >= 11 is 1.81. The molecule has 1 aliphatic carbocycles. The van der Waals surface area contributed by atoms with E-state index in [1.807, 2.05) is 25.1 Å². The van der Waals surface area contributed by atoms with Gasteiger partial charge in [0.2, 0.25) is 0 Å². The van der Waals surface area contributed by atoms with E-state index in [2.05, 4.69) is 17.4 Å². The first-order valence-electron chi connectivity index (χ1n) is 6.86. The minimum atomic E-state index is -0.723. The maximum atomic E-state index is 11.6. The van der Waals surface area contributed by atoms with E-state index < -0.39 is 11.5 Å². The van der Waals surface area contributed by atoms with Gasteiger partial charge in [-0.3, -0.25) is 4.79 Å². The molecule has 0 bridgehead atoms. The fourth-order valence-electron chi connectivity index (χ4n) is 2.79. The fraction of sp³-hybridized carbons (Fsp3) is 0.533. The van der Waals surface area contributed by atoms with E-state index in [9.17, 15) is 9.90 Å². The van der Waals surface area contributed by atoms with Gasteiger partial charge in [0.15, 0.2) is 0 Å². The SMILES string of the molecule is CCNC1(C(=O)O)CCCC(Sc2ccccc2)C1. The molecule has 104 valence electrons. The highest BCUT2D eigenvalue weighted by atomic mass is 32.2. The summed E-state index contributed by atoms with van der Waals surface area (Å²) in [6, 6.07) is 10.2. The van der Waals surface area contributed by atoms with Crippen LogP contribution in [0, 0.1) is 0 Å². The van der Waals surface area contributed by atoms with Gasteiger partial charge in [0.1, 0.15) is 5.54 Å². The zero-order valence-corrected chi connectivity index (χ0v) is 12.1. The number of likely N-dealkylation sites (N-methyl/N-ethyl adjacent to an activating group) is 1. The molecule has 0 aromatic heterocycles. The van der Waals surface area contributed by atoms with Gasteiger partial charge in [-0.05, 0) is 44.4 Å². The summed E-state index contributed by atoms with van der Waals surface area (Å²) < 4.78 is 0. The second kappa shape index (κ2) is 6.44. The van der Waals surface area contributed by atoms with Gasteiger partial charge in [0, 0.05) is 10.1 Å². The zero-order valence-electron chi connectivity index (χ0n) is 11.3. The Bertz CT molecular complexity index is 419. The van der Waals surface area contributed by atoms with Crippen LogP contribution >= 0.6 is 11.8 Å². The van der Waals surface area contributed by atoms with Crippen molar-refractivity contribution in [3.05, 3.63) is 30.3 Å². The molecule has 1 aliphatic rings. The van der Waals surface area contributed by atoms with Crippen molar-refractivity contribution in [2.45, 2.75) is 48.3 Å². The summed E-state index contributed by atoms with van der Waals surface area (Å²) in [7, 11) is 0. The molecule has 2 atom stereocenters. The Morgan fingerprint density at radius 3 is 2.84 bits per heavy atom. The van der Waals surface area contributed by atoms with Crippen molar-refractivity contribution in [2.24, 2.45) is 0 Å². The molecular weight excluding hydrogens is 258 g/mol. The van der Waals surface area contributed by atoms with Gasteiger partial charge in [-0.25, -0.2) is 0 Å². The molecule has 0 aliphatic heterocycles. The molecular formula is C15H21NO2S. The van der Waals surface area contributed by atoms with Crippen molar-refractivity contribution in [1.82, 2.24) is 5.32 Å². The number of hydrogen-bond donors (Lipinski definition) is 2. The standard InChI is InChI=1S/C15H21NO2S/c1-2-16-15(14(17)18)10-6-9-13(11-15)19-12-7-4-3-5-8-12/h3-5,7-8,13,16H,2,6,9-11H2,1H3,(H,17,18). The van der Waals surface area contributed by atoms with Crippen LogP contribution in [-0.4, -0.2) is 28.4 Å². The van der Waals surface area contributed by atoms with Crippen molar-refractivity contribution in [3.8, 4) is 0 Å². The van der Waals surface area contributed by atoms with E-state index in [1.165, 1.54) is 4.90 Å². The maximum Gasteiger partial charge on any atom is 0.323 e. The second-order valence-electron chi connectivity index (χ2n) is 5.07. The third-order valence-electron chi connectivity index (χ3n) is 3.68. The second-order valence-corrected chi connectivity index (χ2v) is 6.44. The molecule has 2 unspecified atom stereocenters. The molecule has 1 fully saturated rings. The Morgan fingerprint density at radius 1 is 1.47 bits per heavy atom. The minimum absolute atomic E-state index is 0.381. The Morgan fingerprint density at radius 2 is 2.21 bits per heavy atom. The predicted molar refractivity (Wildman–Crippen MR) is 78.6 cm³/mol. The predicted octanol–water partition coefficient (Wildman–Crippen LogP) is 3.15. The van der Waals surface area contributed by atoms with Crippen LogP contribution in [-0.2, 0) is 4.79 Å². The summed E-state index contributed by atoms with van der Waals surface area (Å²) in [4.78, 5) is 12.8. The molecule has 1 aromatic rings. The van der Waals surface area contributed by atoms with Gasteiger partial charge in [-0.15, -0.1) is 11.8 Å². The molecule has 1 aromatic carbocycles. The number of rotatable bonds is 5. The summed E-state index contributed by atoms with van der Waals surface area (Å²) in [5, 5.41) is 13.1. The molecule has 0 saturated heterocycles. The van der Waals surface area contributed by atoms with Crippen molar-refractivity contribution in [2.75, 3.05) is 6.54 Å². The van der Waals surface area contributed by atoms with Gasteiger partial charge in [0.05, 0.1) is 0 Å². The molecule has 3 nitrogen and oxygen atoms in total. The fourth-order valence-corrected chi connectivity index (χ4v) is 4.14. The van der Waals surface area contributed by atoms with Crippen molar-refractivity contribution in [1.29, 1.82) is 0 Å². The number of thioether (sulfide) groups is 1. The third kappa shape index (κ3) is 3.51. The van der Waals surface area contributed by atoms with Crippen LogP contribution in [0.3, 0.4) is 0 Å². The summed E-state index contributed by atoms with van der Waals surface area (Å²) in [6.45, 7) is 2.67. The van der Waals surface area contributed by atoms with E-state index in [1.54, 1.807) is 11.8 Å². The Hall–Kier alpha value is -1.00. The van der Waals surface area contributed by atoms with Crippen LogP contribution in [0.1, 0.15) is 32.6 Å². The first-order valence-corrected chi connectivity index (χ1v) is 7.74. The van der Waals surface area contributed by atoms with Gasteiger partial charge in [-0.2, -0.15) is 0 Å². The third-order valence-corrected chi connectivity index (χ3v) is 4.96. The number of carboxylic acids is 1. The lowest BCUT2D eigenvalue weighted by Gasteiger charge is -2.38. The average Bonchev–Trinajstić information content (AvgIpc) is 2.40. The van der Waals surface area contributed by atoms with Gasteiger partial charge < -0.3 is 10.4 Å². The highest BCUT2D eigenvalue weighted by Crippen LogP contribution is 2.38. The summed E-state index contributed by atoms with van der Waals surface area (Å²) in [6.07, 6.45) is 3.52. The van der Waals surface area contributed by atoms with Gasteiger partial charge in [0.25, 0.3) is 0 Å². The molecule has 0 spiro atoms. The molecule has 2 rings (SSSR count). The number of nitrogens with one attached hydrogen (secondary N) is 1.